The monoisotopic (exact) mass is 353 g/mol. The van der Waals surface area contributed by atoms with E-state index in [4.69, 9.17) is 5.73 Å². The van der Waals surface area contributed by atoms with Gasteiger partial charge in [-0.25, -0.2) is 0 Å². The first-order valence-corrected chi connectivity index (χ1v) is 10.0. The quantitative estimate of drug-likeness (QED) is 0.627. The Bertz CT molecular complexity index is 437. The van der Waals surface area contributed by atoms with E-state index < -0.39 is 6.04 Å². The summed E-state index contributed by atoms with van der Waals surface area (Å²) in [5.74, 6) is 1.94. The van der Waals surface area contributed by atoms with Gasteiger partial charge in [0.2, 0.25) is 11.8 Å². The Balaban J connectivity index is 2.69. The van der Waals surface area contributed by atoms with Crippen molar-refractivity contribution >= 4 is 11.8 Å². The van der Waals surface area contributed by atoms with E-state index in [1.54, 1.807) is 6.92 Å². The van der Waals surface area contributed by atoms with Crippen molar-refractivity contribution in [2.24, 2.45) is 35.3 Å². The summed E-state index contributed by atoms with van der Waals surface area (Å²) < 4.78 is 0. The van der Waals surface area contributed by atoms with Gasteiger partial charge in [0.25, 0.3) is 0 Å². The first kappa shape index (κ1) is 21.9. The predicted octanol–water partition coefficient (Wildman–Crippen LogP) is 2.69. The van der Waals surface area contributed by atoms with Crippen molar-refractivity contribution in [1.29, 1.82) is 0 Å². The molecule has 0 spiro atoms. The summed E-state index contributed by atoms with van der Waals surface area (Å²) in [7, 11) is 0. The topological polar surface area (TPSA) is 84.2 Å². The number of carbonyl (C=O) groups excluding carboxylic acids is 2. The molecule has 5 nitrogen and oxygen atoms in total. The molecule has 1 rings (SSSR count). The Morgan fingerprint density at radius 1 is 1.16 bits per heavy atom. The predicted molar refractivity (Wildman–Crippen MR) is 103 cm³/mol. The van der Waals surface area contributed by atoms with Gasteiger partial charge in [-0.2, -0.15) is 0 Å². The Hall–Kier alpha value is -1.10. The van der Waals surface area contributed by atoms with E-state index in [9.17, 15) is 9.59 Å². The molecule has 0 aromatic carbocycles. The van der Waals surface area contributed by atoms with E-state index in [1.165, 1.54) is 6.42 Å². The van der Waals surface area contributed by atoms with Crippen molar-refractivity contribution < 1.29 is 9.59 Å². The molecule has 146 valence electrons. The van der Waals surface area contributed by atoms with Gasteiger partial charge in [-0.1, -0.05) is 47.5 Å². The third-order valence-corrected chi connectivity index (χ3v) is 5.93. The van der Waals surface area contributed by atoms with Crippen molar-refractivity contribution in [3.8, 4) is 0 Å². The van der Waals surface area contributed by atoms with Crippen LogP contribution in [-0.2, 0) is 9.59 Å². The fourth-order valence-corrected chi connectivity index (χ4v) is 3.84. The maximum Gasteiger partial charge on any atom is 0.236 e. The second-order valence-corrected chi connectivity index (χ2v) is 8.47. The largest absolute Gasteiger partial charge is 0.354 e. The normalized spacial score (nSPS) is 27.4. The molecule has 2 amide bonds. The van der Waals surface area contributed by atoms with Crippen molar-refractivity contribution in [2.45, 2.75) is 79.3 Å². The molecule has 1 aliphatic rings. The third kappa shape index (κ3) is 6.61. The molecule has 6 atom stereocenters. The van der Waals surface area contributed by atoms with Gasteiger partial charge in [0, 0.05) is 18.5 Å². The van der Waals surface area contributed by atoms with Gasteiger partial charge in [-0.3, -0.25) is 9.59 Å². The lowest BCUT2D eigenvalue weighted by Gasteiger charge is -2.37. The highest BCUT2D eigenvalue weighted by molar-refractivity contribution is 5.82. The van der Waals surface area contributed by atoms with Gasteiger partial charge in [-0.05, 0) is 43.4 Å². The fourth-order valence-electron chi connectivity index (χ4n) is 3.84. The highest BCUT2D eigenvalue weighted by Crippen LogP contribution is 2.38. The van der Waals surface area contributed by atoms with Crippen LogP contribution in [0.25, 0.3) is 0 Å². The summed E-state index contributed by atoms with van der Waals surface area (Å²) in [6, 6.07) is -0.613. The molecule has 1 aliphatic carbocycles. The Morgan fingerprint density at radius 3 is 2.32 bits per heavy atom. The molecule has 1 saturated carbocycles. The maximum atomic E-state index is 12.8. The molecule has 3 unspecified atom stereocenters. The molecule has 0 aliphatic heterocycles. The molecular formula is C20H39N3O2. The van der Waals surface area contributed by atoms with Crippen molar-refractivity contribution in [3.05, 3.63) is 0 Å². The minimum atomic E-state index is -0.535. The van der Waals surface area contributed by atoms with Crippen molar-refractivity contribution in [2.75, 3.05) is 6.54 Å². The van der Waals surface area contributed by atoms with Crippen LogP contribution < -0.4 is 16.4 Å². The summed E-state index contributed by atoms with van der Waals surface area (Å²) in [6.45, 7) is 13.0. The van der Waals surface area contributed by atoms with Crippen LogP contribution in [0.3, 0.4) is 0 Å². The third-order valence-electron chi connectivity index (χ3n) is 5.93. The molecular weight excluding hydrogens is 314 g/mol. The Morgan fingerprint density at radius 2 is 1.80 bits per heavy atom. The average Bonchev–Trinajstić information content (AvgIpc) is 2.56. The highest BCUT2D eigenvalue weighted by atomic mass is 16.2. The number of hydrogen-bond acceptors (Lipinski definition) is 3. The van der Waals surface area contributed by atoms with Crippen LogP contribution in [0.5, 0.6) is 0 Å². The van der Waals surface area contributed by atoms with E-state index in [2.05, 4.69) is 45.3 Å². The second kappa shape index (κ2) is 10.1. The van der Waals surface area contributed by atoms with E-state index in [0.29, 0.717) is 24.3 Å². The van der Waals surface area contributed by atoms with Crippen LogP contribution in [0.1, 0.15) is 67.2 Å². The molecule has 1 fully saturated rings. The minimum Gasteiger partial charge on any atom is -0.354 e. The summed E-state index contributed by atoms with van der Waals surface area (Å²) in [4.78, 5) is 24.8. The van der Waals surface area contributed by atoms with Gasteiger partial charge in [0.15, 0.2) is 0 Å². The minimum absolute atomic E-state index is 0.0778. The van der Waals surface area contributed by atoms with Crippen LogP contribution in [0.2, 0.25) is 0 Å². The molecule has 0 saturated heterocycles. The molecule has 0 radical (unpaired) electrons. The van der Waals surface area contributed by atoms with Gasteiger partial charge >= 0.3 is 0 Å². The van der Waals surface area contributed by atoms with Gasteiger partial charge < -0.3 is 16.4 Å². The number of carbonyl (C=O) groups is 2. The lowest BCUT2D eigenvalue weighted by molar-refractivity contribution is -0.130. The lowest BCUT2D eigenvalue weighted by Crippen LogP contribution is -2.52. The summed E-state index contributed by atoms with van der Waals surface area (Å²) in [5, 5.41) is 6.11. The standard InChI is InChI=1S/C20H39N3O2/c1-7-14(5)18(23-19(24)15(6)21)11-22-20(25)17-10-13(4)8-9-16(17)12(2)3/h12-18H,7-11,21H2,1-6H3,(H,22,25)(H,23,24)/t13-,14?,15?,16+,17-,18?/m1/s1. The zero-order chi connectivity index (χ0) is 19.1. The van der Waals surface area contributed by atoms with E-state index in [-0.39, 0.29) is 29.7 Å². The summed E-state index contributed by atoms with van der Waals surface area (Å²) in [6.07, 6.45) is 4.25. The number of amides is 2. The van der Waals surface area contributed by atoms with Gasteiger partial charge in [-0.15, -0.1) is 0 Å². The van der Waals surface area contributed by atoms with Crippen molar-refractivity contribution in [1.82, 2.24) is 10.6 Å². The highest BCUT2D eigenvalue weighted by Gasteiger charge is 2.35. The Kier molecular flexibility index (Phi) is 8.91. The number of nitrogens with one attached hydrogen (secondary N) is 2. The molecule has 0 heterocycles. The van der Waals surface area contributed by atoms with E-state index in [1.807, 2.05) is 0 Å². The molecule has 0 aromatic rings. The van der Waals surface area contributed by atoms with Crippen LogP contribution in [0.4, 0.5) is 0 Å². The zero-order valence-corrected chi connectivity index (χ0v) is 17.0. The van der Waals surface area contributed by atoms with E-state index >= 15 is 0 Å². The summed E-state index contributed by atoms with van der Waals surface area (Å²) in [5.41, 5.74) is 5.67. The van der Waals surface area contributed by atoms with Gasteiger partial charge in [0.1, 0.15) is 0 Å². The van der Waals surface area contributed by atoms with Crippen LogP contribution >= 0.6 is 0 Å². The number of hydrogen-bond donors (Lipinski definition) is 3. The first-order valence-electron chi connectivity index (χ1n) is 10.0. The molecule has 25 heavy (non-hydrogen) atoms. The number of nitrogens with two attached hydrogens (primary N) is 1. The second-order valence-electron chi connectivity index (χ2n) is 8.47. The maximum absolute atomic E-state index is 12.8. The van der Waals surface area contributed by atoms with Crippen LogP contribution in [0.15, 0.2) is 0 Å². The molecule has 0 bridgehead atoms. The smallest absolute Gasteiger partial charge is 0.236 e. The summed E-state index contributed by atoms with van der Waals surface area (Å²) >= 11 is 0. The molecule has 5 heteroatoms. The van der Waals surface area contributed by atoms with Crippen molar-refractivity contribution in [3.63, 3.8) is 0 Å². The average molecular weight is 354 g/mol. The number of rotatable bonds is 8. The molecule has 4 N–H and O–H groups in total. The molecule has 0 aromatic heterocycles. The lowest BCUT2D eigenvalue weighted by atomic mass is 9.70. The first-order chi connectivity index (χ1) is 11.7. The Labute approximate surface area is 153 Å². The van der Waals surface area contributed by atoms with E-state index in [0.717, 1.165) is 19.3 Å². The fraction of sp³-hybridized carbons (Fsp3) is 0.900. The van der Waals surface area contributed by atoms with Crippen LogP contribution in [0, 0.1) is 29.6 Å². The van der Waals surface area contributed by atoms with Gasteiger partial charge in [0.05, 0.1) is 6.04 Å². The van der Waals surface area contributed by atoms with Crippen LogP contribution in [-0.4, -0.2) is 30.4 Å². The SMILES string of the molecule is CCC(C)C(CNC(=O)[C@@H]1C[C@H](C)CC[C@H]1C(C)C)NC(=O)C(C)N. The zero-order valence-electron chi connectivity index (χ0n) is 17.0.